The number of alkyl halides is 3. The first kappa shape index (κ1) is 18.0. The third-order valence-corrected chi connectivity index (χ3v) is 3.76. The quantitative estimate of drug-likeness (QED) is 0.818. The van der Waals surface area contributed by atoms with E-state index in [2.05, 4.69) is 15.6 Å². The van der Waals surface area contributed by atoms with Crippen LogP contribution in [0.4, 0.5) is 13.2 Å². The second-order valence-electron chi connectivity index (χ2n) is 5.55. The lowest BCUT2D eigenvalue weighted by Gasteiger charge is -2.13. The Labute approximate surface area is 137 Å². The summed E-state index contributed by atoms with van der Waals surface area (Å²) in [6, 6.07) is 0.0292. The van der Waals surface area contributed by atoms with Crippen LogP contribution < -0.4 is 5.32 Å². The van der Waals surface area contributed by atoms with Crippen molar-refractivity contribution in [2.45, 2.75) is 45.8 Å². The number of rotatable bonds is 6. The van der Waals surface area contributed by atoms with Crippen molar-refractivity contribution in [3.8, 4) is 0 Å². The molecular weight excluding hydrogens is 325 g/mol. The molecule has 1 unspecified atom stereocenters. The van der Waals surface area contributed by atoms with Crippen LogP contribution in [0.5, 0.6) is 0 Å². The molecule has 0 bridgehead atoms. The Morgan fingerprint density at radius 3 is 2.67 bits per heavy atom. The summed E-state index contributed by atoms with van der Waals surface area (Å²) in [4.78, 5) is 12.0. The van der Waals surface area contributed by atoms with Gasteiger partial charge in [-0.2, -0.15) is 18.3 Å². The van der Waals surface area contributed by atoms with Gasteiger partial charge in [-0.15, -0.1) is 0 Å². The van der Waals surface area contributed by atoms with Gasteiger partial charge >= 0.3 is 6.18 Å². The molecule has 0 saturated heterocycles. The minimum absolute atomic E-state index is 0.384. The zero-order chi connectivity index (χ0) is 17.9. The van der Waals surface area contributed by atoms with Crippen molar-refractivity contribution in [1.82, 2.24) is 20.3 Å². The van der Waals surface area contributed by atoms with Crippen LogP contribution in [-0.4, -0.2) is 27.4 Å². The molecule has 0 aliphatic heterocycles. The summed E-state index contributed by atoms with van der Waals surface area (Å²) >= 11 is 0. The average molecular weight is 344 g/mol. The fourth-order valence-corrected chi connectivity index (χ4v) is 2.31. The lowest BCUT2D eigenvalue weighted by Crippen LogP contribution is -2.32. The van der Waals surface area contributed by atoms with Gasteiger partial charge in [-0.25, -0.2) is 0 Å². The Balaban J connectivity index is 1.83. The highest BCUT2D eigenvalue weighted by molar-refractivity contribution is 5.79. The van der Waals surface area contributed by atoms with E-state index in [0.717, 1.165) is 34.0 Å². The normalized spacial score (nSPS) is 13.1. The molecule has 1 amide bonds. The molecule has 1 atom stereocenters. The maximum atomic E-state index is 12.5. The van der Waals surface area contributed by atoms with Crippen molar-refractivity contribution in [1.29, 1.82) is 0 Å². The fraction of sp³-hybridized carbons (Fsp3) is 0.533. The van der Waals surface area contributed by atoms with Crippen LogP contribution in [0.25, 0.3) is 0 Å². The number of aryl methyl sites for hydroxylation is 2. The van der Waals surface area contributed by atoms with Crippen molar-refractivity contribution in [2.75, 3.05) is 6.54 Å². The van der Waals surface area contributed by atoms with E-state index < -0.39 is 17.9 Å². The minimum Gasteiger partial charge on any atom is -0.361 e. The predicted octanol–water partition coefficient (Wildman–Crippen LogP) is 2.82. The van der Waals surface area contributed by atoms with Crippen LogP contribution in [0.1, 0.15) is 42.1 Å². The summed E-state index contributed by atoms with van der Waals surface area (Å²) in [5, 5.41) is 9.96. The summed E-state index contributed by atoms with van der Waals surface area (Å²) in [6.45, 7) is 5.58. The molecule has 1 N–H and O–H groups in total. The molecule has 0 spiro atoms. The van der Waals surface area contributed by atoms with Crippen LogP contribution in [0.15, 0.2) is 16.8 Å². The van der Waals surface area contributed by atoms with Crippen LogP contribution in [0, 0.1) is 13.8 Å². The topological polar surface area (TPSA) is 73.0 Å². The highest BCUT2D eigenvalue weighted by atomic mass is 19.4. The van der Waals surface area contributed by atoms with Crippen LogP contribution in [-0.2, 0) is 17.4 Å². The van der Waals surface area contributed by atoms with Crippen LogP contribution in [0.3, 0.4) is 0 Å². The van der Waals surface area contributed by atoms with Gasteiger partial charge in [-0.3, -0.25) is 9.48 Å². The lowest BCUT2D eigenvalue weighted by atomic mass is 10.1. The van der Waals surface area contributed by atoms with Gasteiger partial charge in [-0.1, -0.05) is 5.16 Å². The predicted molar refractivity (Wildman–Crippen MR) is 79.2 cm³/mol. The number of halogens is 3. The van der Waals surface area contributed by atoms with Crippen molar-refractivity contribution in [3.05, 3.63) is 35.0 Å². The number of amides is 1. The molecule has 0 saturated carbocycles. The zero-order valence-corrected chi connectivity index (χ0v) is 13.6. The number of nitrogens with zero attached hydrogens (tertiary/aromatic N) is 3. The molecule has 0 fully saturated rings. The van der Waals surface area contributed by atoms with Gasteiger partial charge in [0.25, 0.3) is 0 Å². The Hall–Kier alpha value is -2.32. The number of carbonyl (C=O) groups is 1. The Kier molecular flexibility index (Phi) is 5.30. The third kappa shape index (κ3) is 4.15. The van der Waals surface area contributed by atoms with E-state index in [4.69, 9.17) is 4.52 Å². The molecule has 0 radical (unpaired) electrons. The first-order chi connectivity index (χ1) is 11.2. The van der Waals surface area contributed by atoms with Gasteiger partial charge in [0.15, 0.2) is 5.69 Å². The van der Waals surface area contributed by atoms with Gasteiger partial charge in [0, 0.05) is 18.3 Å². The molecule has 0 aliphatic carbocycles. The second kappa shape index (κ2) is 7.06. The molecule has 9 heteroatoms. The number of nitrogens with one attached hydrogen (secondary N) is 1. The van der Waals surface area contributed by atoms with E-state index >= 15 is 0 Å². The minimum atomic E-state index is -4.52. The second-order valence-corrected chi connectivity index (χ2v) is 5.55. The van der Waals surface area contributed by atoms with Crippen molar-refractivity contribution < 1.29 is 22.5 Å². The molecule has 2 aromatic heterocycles. The van der Waals surface area contributed by atoms with Crippen LogP contribution >= 0.6 is 0 Å². The molecule has 132 valence electrons. The SMILES string of the molecule is Cc1noc(C)c1CCCNC(=O)C(C)n1ccc(C(F)(F)F)n1. The van der Waals surface area contributed by atoms with Gasteiger partial charge in [0.2, 0.25) is 5.91 Å². The van der Waals surface area contributed by atoms with Crippen molar-refractivity contribution in [3.63, 3.8) is 0 Å². The summed E-state index contributed by atoms with van der Waals surface area (Å²) in [6.07, 6.45) is -1.99. The highest BCUT2D eigenvalue weighted by Crippen LogP contribution is 2.27. The summed E-state index contributed by atoms with van der Waals surface area (Å²) < 4.78 is 43.6. The van der Waals surface area contributed by atoms with E-state index in [0.29, 0.717) is 19.4 Å². The van der Waals surface area contributed by atoms with E-state index in [-0.39, 0.29) is 5.91 Å². The number of carbonyl (C=O) groups excluding carboxylic acids is 1. The van der Waals surface area contributed by atoms with Gasteiger partial charge < -0.3 is 9.84 Å². The summed E-state index contributed by atoms with van der Waals surface area (Å²) in [5.74, 6) is 0.369. The molecule has 2 rings (SSSR count). The zero-order valence-electron chi connectivity index (χ0n) is 13.6. The average Bonchev–Trinajstić information content (AvgIpc) is 3.11. The van der Waals surface area contributed by atoms with E-state index in [1.165, 1.54) is 6.92 Å². The number of hydrogen-bond donors (Lipinski definition) is 1. The summed E-state index contributed by atoms with van der Waals surface area (Å²) in [7, 11) is 0. The number of hydrogen-bond acceptors (Lipinski definition) is 4. The first-order valence-electron chi connectivity index (χ1n) is 7.52. The highest BCUT2D eigenvalue weighted by Gasteiger charge is 2.34. The maximum Gasteiger partial charge on any atom is 0.435 e. The first-order valence-corrected chi connectivity index (χ1v) is 7.52. The Morgan fingerprint density at radius 1 is 1.42 bits per heavy atom. The number of aromatic nitrogens is 3. The smallest absolute Gasteiger partial charge is 0.361 e. The molecule has 24 heavy (non-hydrogen) atoms. The Bertz CT molecular complexity index is 686. The monoisotopic (exact) mass is 344 g/mol. The van der Waals surface area contributed by atoms with Gasteiger partial charge in [0.05, 0.1) is 5.69 Å². The lowest BCUT2D eigenvalue weighted by molar-refractivity contribution is -0.142. The third-order valence-electron chi connectivity index (χ3n) is 3.76. The molecule has 2 heterocycles. The van der Waals surface area contributed by atoms with E-state index in [1.807, 2.05) is 13.8 Å². The van der Waals surface area contributed by atoms with Gasteiger partial charge in [0.1, 0.15) is 11.8 Å². The molecule has 0 aromatic carbocycles. The molecular formula is C15H19F3N4O2. The largest absolute Gasteiger partial charge is 0.435 e. The van der Waals surface area contributed by atoms with Crippen molar-refractivity contribution in [2.24, 2.45) is 0 Å². The van der Waals surface area contributed by atoms with E-state index in [9.17, 15) is 18.0 Å². The van der Waals surface area contributed by atoms with Crippen LogP contribution in [0.2, 0.25) is 0 Å². The molecule has 0 aliphatic rings. The maximum absolute atomic E-state index is 12.5. The molecule has 2 aromatic rings. The fourth-order valence-electron chi connectivity index (χ4n) is 2.31. The Morgan fingerprint density at radius 2 is 2.12 bits per heavy atom. The van der Waals surface area contributed by atoms with E-state index in [1.54, 1.807) is 0 Å². The van der Waals surface area contributed by atoms with Crippen molar-refractivity contribution >= 4 is 5.91 Å². The summed E-state index contributed by atoms with van der Waals surface area (Å²) in [5.41, 5.74) is 0.822. The van der Waals surface area contributed by atoms with Gasteiger partial charge in [-0.05, 0) is 39.7 Å². The standard InChI is InChI=1S/C15H19F3N4O2/c1-9-12(11(3)24-21-9)5-4-7-19-14(23)10(2)22-8-6-13(20-22)15(16,17)18/h6,8,10H,4-5,7H2,1-3H3,(H,19,23). The molecule has 6 nitrogen and oxygen atoms in total.